The smallest absolute Gasteiger partial charge is 0.256 e. The summed E-state index contributed by atoms with van der Waals surface area (Å²) in [6.07, 6.45) is 6.70. The summed E-state index contributed by atoms with van der Waals surface area (Å²) < 4.78 is 1.52. The van der Waals surface area contributed by atoms with E-state index in [1.807, 2.05) is 30.3 Å². The van der Waals surface area contributed by atoms with Crippen molar-refractivity contribution in [2.75, 3.05) is 5.73 Å². The maximum atomic E-state index is 12.9. The first-order chi connectivity index (χ1) is 14.6. The third-order valence-corrected chi connectivity index (χ3v) is 6.00. The van der Waals surface area contributed by atoms with Crippen LogP contribution < -0.4 is 16.4 Å². The number of benzene rings is 1. The molecule has 1 aromatic carbocycles. The number of para-hydroxylation sites is 1. The van der Waals surface area contributed by atoms with Gasteiger partial charge in [0.25, 0.3) is 5.91 Å². The number of nitrogens with one attached hydrogen (secondary N) is 2. The molecule has 2 fully saturated rings. The first kappa shape index (κ1) is 20.0. The number of nitrogen functional groups attached to an aromatic ring is 1. The van der Waals surface area contributed by atoms with Crippen LogP contribution in [0.4, 0.5) is 5.82 Å². The van der Waals surface area contributed by atoms with Gasteiger partial charge in [0, 0.05) is 6.04 Å². The minimum atomic E-state index is -0.435. The van der Waals surface area contributed by atoms with Gasteiger partial charge in [-0.2, -0.15) is 10.4 Å². The molecule has 30 heavy (non-hydrogen) atoms. The van der Waals surface area contributed by atoms with E-state index in [1.54, 1.807) is 0 Å². The highest BCUT2D eigenvalue weighted by Gasteiger charge is 2.37. The van der Waals surface area contributed by atoms with Crippen LogP contribution in [0.15, 0.2) is 36.5 Å². The molecule has 0 bridgehead atoms. The number of aromatic nitrogens is 2. The largest absolute Gasteiger partial charge is 0.383 e. The number of nitriles is 1. The van der Waals surface area contributed by atoms with E-state index in [0.717, 1.165) is 37.8 Å². The lowest BCUT2D eigenvalue weighted by atomic mass is 9.83. The maximum Gasteiger partial charge on any atom is 0.256 e. The Hall–Kier alpha value is -3.34. The summed E-state index contributed by atoms with van der Waals surface area (Å²) in [5, 5.41) is 19.4. The van der Waals surface area contributed by atoms with Crippen LogP contribution in [-0.2, 0) is 4.79 Å². The number of rotatable bonds is 6. The summed E-state index contributed by atoms with van der Waals surface area (Å²) in [7, 11) is 0. The Morgan fingerprint density at radius 2 is 1.90 bits per heavy atom. The number of nitrogens with two attached hydrogens (primary N) is 1. The molecule has 2 aliphatic rings. The summed E-state index contributed by atoms with van der Waals surface area (Å²) in [6.45, 7) is 0. The summed E-state index contributed by atoms with van der Waals surface area (Å²) in [5.41, 5.74) is 7.24. The SMILES string of the molecule is N#CC(NC(=O)[C@@H]1CCCC[C@@H]1NC(=O)c1cnn(-c2ccccc2)c1N)C1CC1. The predicted molar refractivity (Wildman–Crippen MR) is 111 cm³/mol. The summed E-state index contributed by atoms with van der Waals surface area (Å²) in [4.78, 5) is 25.7. The van der Waals surface area contributed by atoms with E-state index in [2.05, 4.69) is 21.8 Å². The Kier molecular flexibility index (Phi) is 5.70. The van der Waals surface area contributed by atoms with Crippen molar-refractivity contribution in [3.05, 3.63) is 42.1 Å². The second-order valence-corrected chi connectivity index (χ2v) is 8.11. The molecular weight excluding hydrogens is 380 g/mol. The van der Waals surface area contributed by atoms with Crippen molar-refractivity contribution in [1.82, 2.24) is 20.4 Å². The molecule has 2 amide bonds. The summed E-state index contributed by atoms with van der Waals surface area (Å²) >= 11 is 0. The van der Waals surface area contributed by atoms with Crippen LogP contribution in [0.5, 0.6) is 0 Å². The van der Waals surface area contributed by atoms with Gasteiger partial charge in [-0.3, -0.25) is 9.59 Å². The zero-order valence-corrected chi connectivity index (χ0v) is 16.8. The Balaban J connectivity index is 1.45. The molecule has 0 saturated heterocycles. The molecule has 4 rings (SSSR count). The molecule has 156 valence electrons. The first-order valence-electron chi connectivity index (χ1n) is 10.5. The number of carbonyl (C=O) groups excluding carboxylic acids is 2. The Morgan fingerprint density at radius 3 is 2.60 bits per heavy atom. The van der Waals surface area contributed by atoms with Crippen molar-refractivity contribution >= 4 is 17.6 Å². The standard InChI is InChI=1S/C22H26N6O2/c23-12-19(14-10-11-14)27-21(29)16-8-4-5-9-18(16)26-22(30)17-13-25-28(20(17)24)15-6-2-1-3-7-15/h1-3,6-7,13-14,16,18-19H,4-5,8-11,24H2,(H,26,30)(H,27,29)/t16-,18+,19?/m1/s1. The second-order valence-electron chi connectivity index (χ2n) is 8.11. The van der Waals surface area contributed by atoms with Crippen molar-refractivity contribution in [2.45, 2.75) is 50.6 Å². The third kappa shape index (κ3) is 4.15. The van der Waals surface area contributed by atoms with E-state index in [9.17, 15) is 14.9 Å². The normalized spacial score (nSPS) is 22.0. The zero-order chi connectivity index (χ0) is 21.1. The molecule has 8 heteroatoms. The highest BCUT2D eigenvalue weighted by molar-refractivity contribution is 5.99. The average Bonchev–Trinajstić information content (AvgIpc) is 3.54. The lowest BCUT2D eigenvalue weighted by Crippen LogP contribution is -2.50. The van der Waals surface area contributed by atoms with Crippen LogP contribution in [-0.4, -0.2) is 33.7 Å². The predicted octanol–water partition coefficient (Wildman–Crippen LogP) is 2.16. The number of anilines is 1. The molecule has 0 spiro atoms. The van der Waals surface area contributed by atoms with Gasteiger partial charge in [0.05, 0.1) is 23.9 Å². The highest BCUT2D eigenvalue weighted by Crippen LogP contribution is 2.33. The van der Waals surface area contributed by atoms with Gasteiger partial charge in [0.1, 0.15) is 17.4 Å². The third-order valence-electron chi connectivity index (χ3n) is 6.00. The number of hydrogen-bond donors (Lipinski definition) is 3. The van der Waals surface area contributed by atoms with Crippen LogP contribution >= 0.6 is 0 Å². The molecule has 2 saturated carbocycles. The van der Waals surface area contributed by atoms with E-state index >= 15 is 0 Å². The number of amides is 2. The Morgan fingerprint density at radius 1 is 1.17 bits per heavy atom. The van der Waals surface area contributed by atoms with E-state index in [-0.39, 0.29) is 41.1 Å². The van der Waals surface area contributed by atoms with Crippen molar-refractivity contribution < 1.29 is 9.59 Å². The summed E-state index contributed by atoms with van der Waals surface area (Å²) in [6, 6.07) is 10.8. The van der Waals surface area contributed by atoms with Crippen LogP contribution in [0.2, 0.25) is 0 Å². The fraction of sp³-hybridized carbons (Fsp3) is 0.455. The van der Waals surface area contributed by atoms with Gasteiger partial charge in [-0.25, -0.2) is 4.68 Å². The van der Waals surface area contributed by atoms with E-state index < -0.39 is 6.04 Å². The molecule has 2 aromatic rings. The van der Waals surface area contributed by atoms with Crippen LogP contribution in [0, 0.1) is 23.2 Å². The number of hydrogen-bond acceptors (Lipinski definition) is 5. The molecule has 8 nitrogen and oxygen atoms in total. The first-order valence-corrected chi connectivity index (χ1v) is 10.5. The van der Waals surface area contributed by atoms with Crippen LogP contribution in [0.3, 0.4) is 0 Å². The molecule has 1 aromatic heterocycles. The van der Waals surface area contributed by atoms with E-state index in [4.69, 9.17) is 5.73 Å². The number of carbonyl (C=O) groups is 2. The average molecular weight is 406 g/mol. The van der Waals surface area contributed by atoms with Gasteiger partial charge in [0.15, 0.2) is 0 Å². The topological polar surface area (TPSA) is 126 Å². The van der Waals surface area contributed by atoms with Gasteiger partial charge in [-0.1, -0.05) is 31.0 Å². The maximum absolute atomic E-state index is 12.9. The molecule has 3 atom stereocenters. The molecular formula is C22H26N6O2. The minimum Gasteiger partial charge on any atom is -0.383 e. The summed E-state index contributed by atoms with van der Waals surface area (Å²) in [5.74, 6) is -0.305. The quantitative estimate of drug-likeness (QED) is 0.678. The Labute approximate surface area is 175 Å². The van der Waals surface area contributed by atoms with Crippen molar-refractivity contribution in [3.63, 3.8) is 0 Å². The van der Waals surface area contributed by atoms with Crippen molar-refractivity contribution in [2.24, 2.45) is 11.8 Å². The fourth-order valence-corrected chi connectivity index (χ4v) is 4.12. The lowest BCUT2D eigenvalue weighted by molar-refractivity contribution is -0.127. The highest BCUT2D eigenvalue weighted by atomic mass is 16.2. The zero-order valence-electron chi connectivity index (χ0n) is 16.8. The number of nitrogens with zero attached hydrogens (tertiary/aromatic N) is 3. The van der Waals surface area contributed by atoms with Gasteiger partial charge in [-0.15, -0.1) is 0 Å². The molecule has 4 N–H and O–H groups in total. The van der Waals surface area contributed by atoms with Crippen molar-refractivity contribution in [3.8, 4) is 11.8 Å². The van der Waals surface area contributed by atoms with Crippen LogP contribution in [0.25, 0.3) is 5.69 Å². The van der Waals surface area contributed by atoms with Crippen molar-refractivity contribution in [1.29, 1.82) is 5.26 Å². The van der Waals surface area contributed by atoms with Gasteiger partial charge < -0.3 is 16.4 Å². The lowest BCUT2D eigenvalue weighted by Gasteiger charge is -2.31. The van der Waals surface area contributed by atoms with Gasteiger partial charge >= 0.3 is 0 Å². The van der Waals surface area contributed by atoms with E-state index in [0.29, 0.717) is 6.42 Å². The van der Waals surface area contributed by atoms with Gasteiger partial charge in [0.2, 0.25) is 5.91 Å². The molecule has 0 aliphatic heterocycles. The second kappa shape index (κ2) is 8.57. The minimum absolute atomic E-state index is 0.147. The van der Waals surface area contributed by atoms with Crippen LogP contribution in [0.1, 0.15) is 48.9 Å². The Bertz CT molecular complexity index is 960. The molecule has 2 aliphatic carbocycles. The molecule has 0 radical (unpaired) electrons. The fourth-order valence-electron chi connectivity index (χ4n) is 4.12. The molecule has 1 heterocycles. The monoisotopic (exact) mass is 406 g/mol. The van der Waals surface area contributed by atoms with Gasteiger partial charge in [-0.05, 0) is 43.7 Å². The molecule has 1 unspecified atom stereocenters. The van der Waals surface area contributed by atoms with E-state index in [1.165, 1.54) is 10.9 Å².